The summed E-state index contributed by atoms with van der Waals surface area (Å²) in [6.07, 6.45) is 9.94. The van der Waals surface area contributed by atoms with Gasteiger partial charge < -0.3 is 9.67 Å². The van der Waals surface area contributed by atoms with Crippen molar-refractivity contribution < 1.29 is 5.11 Å². The van der Waals surface area contributed by atoms with E-state index in [1.54, 1.807) is 6.20 Å². The Hall–Kier alpha value is -1.61. The lowest BCUT2D eigenvalue weighted by atomic mass is 9.94. The van der Waals surface area contributed by atoms with Crippen LogP contribution in [0.2, 0.25) is 0 Å². The van der Waals surface area contributed by atoms with Crippen molar-refractivity contribution in [3.8, 4) is 0 Å². The zero-order chi connectivity index (χ0) is 16.0. The van der Waals surface area contributed by atoms with Gasteiger partial charge in [-0.15, -0.1) is 0 Å². The molecule has 0 saturated heterocycles. The summed E-state index contributed by atoms with van der Waals surface area (Å²) in [6, 6.07) is 10.1. The van der Waals surface area contributed by atoms with E-state index >= 15 is 0 Å². The van der Waals surface area contributed by atoms with Gasteiger partial charge in [0, 0.05) is 18.4 Å². The van der Waals surface area contributed by atoms with E-state index < -0.39 is 5.60 Å². The summed E-state index contributed by atoms with van der Waals surface area (Å²) in [4.78, 5) is 4.44. The Morgan fingerprint density at radius 2 is 1.91 bits per heavy atom. The van der Waals surface area contributed by atoms with Crippen LogP contribution >= 0.6 is 0 Å². The maximum atomic E-state index is 11.0. The molecule has 0 aliphatic heterocycles. The smallest absolute Gasteiger partial charge is 0.145 e. The average molecular weight is 300 g/mol. The van der Waals surface area contributed by atoms with Gasteiger partial charge in [0.25, 0.3) is 0 Å². The highest BCUT2D eigenvalue weighted by Gasteiger charge is 2.31. The number of rotatable bonds is 8. The molecular formula is C19H28N2O. The average Bonchev–Trinajstić information content (AvgIpc) is 3.03. The Kier molecular flexibility index (Phi) is 5.78. The van der Waals surface area contributed by atoms with Crippen LogP contribution in [0.25, 0.3) is 0 Å². The van der Waals surface area contributed by atoms with Gasteiger partial charge in [0.05, 0.1) is 0 Å². The molecule has 0 amide bonds. The first-order chi connectivity index (χ1) is 10.6. The van der Waals surface area contributed by atoms with Crippen molar-refractivity contribution in [2.75, 3.05) is 0 Å². The SMILES string of the molecule is CCCCCCC(C)n1ccnc1C(C)(O)c1ccccc1. The van der Waals surface area contributed by atoms with Crippen LogP contribution < -0.4 is 0 Å². The highest BCUT2D eigenvalue weighted by molar-refractivity contribution is 5.28. The van der Waals surface area contributed by atoms with Gasteiger partial charge in [-0.1, -0.05) is 62.9 Å². The third kappa shape index (κ3) is 3.77. The van der Waals surface area contributed by atoms with E-state index in [9.17, 15) is 5.11 Å². The lowest BCUT2D eigenvalue weighted by Crippen LogP contribution is -2.28. The molecule has 2 rings (SSSR count). The molecule has 1 heterocycles. The van der Waals surface area contributed by atoms with E-state index in [0.29, 0.717) is 6.04 Å². The number of unbranched alkanes of at least 4 members (excludes halogenated alkanes) is 3. The minimum Gasteiger partial charge on any atom is -0.377 e. The summed E-state index contributed by atoms with van der Waals surface area (Å²) in [5.41, 5.74) is -0.191. The van der Waals surface area contributed by atoms with Crippen LogP contribution in [0, 0.1) is 0 Å². The topological polar surface area (TPSA) is 38.0 Å². The van der Waals surface area contributed by atoms with Gasteiger partial charge in [-0.25, -0.2) is 4.98 Å². The van der Waals surface area contributed by atoms with Crippen molar-refractivity contribution in [1.29, 1.82) is 0 Å². The van der Waals surface area contributed by atoms with Gasteiger partial charge >= 0.3 is 0 Å². The Bertz CT molecular complexity index is 560. The van der Waals surface area contributed by atoms with E-state index in [2.05, 4.69) is 23.4 Å². The van der Waals surface area contributed by atoms with Crippen LogP contribution in [0.15, 0.2) is 42.7 Å². The molecule has 0 saturated carbocycles. The number of benzene rings is 1. The Morgan fingerprint density at radius 3 is 2.59 bits per heavy atom. The fraction of sp³-hybridized carbons (Fsp3) is 0.526. The van der Waals surface area contributed by atoms with Crippen LogP contribution in [-0.2, 0) is 5.60 Å². The Labute approximate surface area is 134 Å². The number of imidazole rings is 1. The van der Waals surface area contributed by atoms with Crippen LogP contribution in [0.1, 0.15) is 70.3 Å². The molecule has 1 N–H and O–H groups in total. The molecule has 3 nitrogen and oxygen atoms in total. The fourth-order valence-corrected chi connectivity index (χ4v) is 2.94. The number of hydrogen-bond donors (Lipinski definition) is 1. The number of nitrogens with zero attached hydrogens (tertiary/aromatic N) is 2. The van der Waals surface area contributed by atoms with Crippen molar-refractivity contribution in [3.63, 3.8) is 0 Å². The second kappa shape index (κ2) is 7.59. The summed E-state index contributed by atoms with van der Waals surface area (Å²) < 4.78 is 2.12. The first-order valence-corrected chi connectivity index (χ1v) is 8.38. The third-order valence-corrected chi connectivity index (χ3v) is 4.39. The number of aromatic nitrogens is 2. The van der Waals surface area contributed by atoms with E-state index in [1.165, 1.54) is 25.7 Å². The van der Waals surface area contributed by atoms with Gasteiger partial charge in [-0.05, 0) is 25.8 Å². The predicted octanol–water partition coefficient (Wildman–Crippen LogP) is 4.67. The van der Waals surface area contributed by atoms with E-state index in [0.717, 1.165) is 17.8 Å². The van der Waals surface area contributed by atoms with Gasteiger partial charge in [-0.3, -0.25) is 0 Å². The summed E-state index contributed by atoms with van der Waals surface area (Å²) in [6.45, 7) is 6.26. The molecular weight excluding hydrogens is 272 g/mol. The number of hydrogen-bond acceptors (Lipinski definition) is 2. The van der Waals surface area contributed by atoms with Crippen molar-refractivity contribution in [3.05, 3.63) is 54.1 Å². The van der Waals surface area contributed by atoms with Crippen molar-refractivity contribution in [1.82, 2.24) is 9.55 Å². The Morgan fingerprint density at radius 1 is 1.18 bits per heavy atom. The summed E-state index contributed by atoms with van der Waals surface area (Å²) in [7, 11) is 0. The Balaban J connectivity index is 2.15. The zero-order valence-electron chi connectivity index (χ0n) is 14.0. The molecule has 0 bridgehead atoms. The molecule has 120 valence electrons. The molecule has 0 aliphatic carbocycles. The van der Waals surface area contributed by atoms with E-state index in [1.807, 2.05) is 43.5 Å². The molecule has 0 aliphatic rings. The molecule has 2 atom stereocenters. The zero-order valence-corrected chi connectivity index (χ0v) is 14.0. The van der Waals surface area contributed by atoms with Crippen LogP contribution in [0.4, 0.5) is 0 Å². The largest absolute Gasteiger partial charge is 0.377 e. The fourth-order valence-electron chi connectivity index (χ4n) is 2.94. The predicted molar refractivity (Wildman–Crippen MR) is 90.8 cm³/mol. The molecule has 0 fully saturated rings. The molecule has 1 aromatic heterocycles. The molecule has 2 unspecified atom stereocenters. The molecule has 0 spiro atoms. The molecule has 3 heteroatoms. The van der Waals surface area contributed by atoms with Crippen LogP contribution in [0.5, 0.6) is 0 Å². The normalized spacial score (nSPS) is 15.5. The van der Waals surface area contributed by atoms with E-state index in [4.69, 9.17) is 0 Å². The van der Waals surface area contributed by atoms with Gasteiger partial charge in [0.1, 0.15) is 11.4 Å². The first-order valence-electron chi connectivity index (χ1n) is 8.38. The van der Waals surface area contributed by atoms with Gasteiger partial charge in [0.15, 0.2) is 0 Å². The quantitative estimate of drug-likeness (QED) is 0.719. The minimum absolute atomic E-state index is 0.351. The monoisotopic (exact) mass is 300 g/mol. The lowest BCUT2D eigenvalue weighted by Gasteiger charge is -2.27. The lowest BCUT2D eigenvalue weighted by molar-refractivity contribution is 0.0859. The minimum atomic E-state index is -1.07. The van der Waals surface area contributed by atoms with Gasteiger partial charge in [-0.2, -0.15) is 0 Å². The summed E-state index contributed by atoms with van der Waals surface area (Å²) in [5.74, 6) is 0.724. The summed E-state index contributed by atoms with van der Waals surface area (Å²) in [5, 5.41) is 11.0. The molecule has 0 radical (unpaired) electrons. The van der Waals surface area contributed by atoms with Crippen molar-refractivity contribution >= 4 is 0 Å². The standard InChI is InChI=1S/C19H28N2O/c1-4-5-6-8-11-16(2)21-15-14-20-18(21)19(3,22)17-12-9-7-10-13-17/h7,9-10,12-16,22H,4-6,8,11H2,1-3H3. The van der Waals surface area contributed by atoms with Crippen LogP contribution in [0.3, 0.4) is 0 Å². The molecule has 22 heavy (non-hydrogen) atoms. The maximum Gasteiger partial charge on any atom is 0.145 e. The van der Waals surface area contributed by atoms with Crippen LogP contribution in [-0.4, -0.2) is 14.7 Å². The second-order valence-electron chi connectivity index (χ2n) is 6.29. The van der Waals surface area contributed by atoms with E-state index in [-0.39, 0.29) is 0 Å². The third-order valence-electron chi connectivity index (χ3n) is 4.39. The number of aliphatic hydroxyl groups is 1. The maximum absolute atomic E-state index is 11.0. The second-order valence-corrected chi connectivity index (χ2v) is 6.29. The highest BCUT2D eigenvalue weighted by Crippen LogP contribution is 2.30. The highest BCUT2D eigenvalue weighted by atomic mass is 16.3. The van der Waals surface area contributed by atoms with Crippen molar-refractivity contribution in [2.45, 2.75) is 64.5 Å². The van der Waals surface area contributed by atoms with Crippen molar-refractivity contribution in [2.24, 2.45) is 0 Å². The summed E-state index contributed by atoms with van der Waals surface area (Å²) >= 11 is 0. The first kappa shape index (κ1) is 16.8. The molecule has 1 aromatic carbocycles. The van der Waals surface area contributed by atoms with Gasteiger partial charge in [0.2, 0.25) is 0 Å². The molecule has 2 aromatic rings.